The third kappa shape index (κ3) is 3.27. The van der Waals surface area contributed by atoms with Gasteiger partial charge in [0, 0.05) is 19.1 Å². The second kappa shape index (κ2) is 5.78. The van der Waals surface area contributed by atoms with Crippen LogP contribution in [0.25, 0.3) is 0 Å². The number of hydrogen-bond acceptors (Lipinski definition) is 7. The molecular weight excluding hydrogens is 256 g/mol. The molecule has 0 aliphatic carbocycles. The molecule has 112 valence electrons. The molecule has 7 nitrogen and oxygen atoms in total. The maximum Gasteiger partial charge on any atom is 0.323 e. The Labute approximate surface area is 120 Å². The van der Waals surface area contributed by atoms with Crippen molar-refractivity contribution in [2.24, 2.45) is 5.92 Å². The third-order valence-electron chi connectivity index (χ3n) is 3.48. The summed E-state index contributed by atoms with van der Waals surface area (Å²) in [6.45, 7) is 7.90. The fourth-order valence-electron chi connectivity index (χ4n) is 2.55. The molecule has 1 aromatic rings. The molecule has 1 aliphatic heterocycles. The van der Waals surface area contributed by atoms with E-state index in [4.69, 9.17) is 10.5 Å². The van der Waals surface area contributed by atoms with Crippen LogP contribution in [0.3, 0.4) is 0 Å². The van der Waals surface area contributed by atoms with Gasteiger partial charge in [-0.05, 0) is 33.9 Å². The molecular formula is C13H24N6O. The van der Waals surface area contributed by atoms with E-state index in [1.807, 2.05) is 13.8 Å². The van der Waals surface area contributed by atoms with Crippen LogP contribution in [0.15, 0.2) is 0 Å². The van der Waals surface area contributed by atoms with Crippen LogP contribution in [-0.2, 0) is 0 Å². The van der Waals surface area contributed by atoms with Crippen LogP contribution in [0.5, 0.6) is 6.01 Å². The summed E-state index contributed by atoms with van der Waals surface area (Å²) in [5.74, 6) is 1.36. The van der Waals surface area contributed by atoms with Gasteiger partial charge in [0.1, 0.15) is 0 Å². The Kier molecular flexibility index (Phi) is 4.27. The van der Waals surface area contributed by atoms with E-state index in [0.29, 0.717) is 23.9 Å². The third-order valence-corrected chi connectivity index (χ3v) is 3.48. The fraction of sp³-hybridized carbons (Fsp3) is 0.769. The summed E-state index contributed by atoms with van der Waals surface area (Å²) in [7, 11) is 4.19. The summed E-state index contributed by atoms with van der Waals surface area (Å²) < 4.78 is 5.52. The second-order valence-electron chi connectivity index (χ2n) is 5.86. The zero-order valence-corrected chi connectivity index (χ0v) is 12.9. The van der Waals surface area contributed by atoms with Crippen LogP contribution < -0.4 is 15.4 Å². The summed E-state index contributed by atoms with van der Waals surface area (Å²) in [5, 5.41) is 0. The SMILES string of the molecule is CC(C)Oc1nc(N)nc(N2CC(C)C(N(C)C)C2)n1. The minimum atomic E-state index is 0.0108. The summed E-state index contributed by atoms with van der Waals surface area (Å²) in [6.07, 6.45) is 0.0108. The van der Waals surface area contributed by atoms with Gasteiger partial charge in [0.15, 0.2) is 0 Å². The molecule has 2 rings (SSSR count). The largest absolute Gasteiger partial charge is 0.461 e. The number of rotatable bonds is 4. The lowest BCUT2D eigenvalue weighted by atomic mass is 10.1. The summed E-state index contributed by atoms with van der Waals surface area (Å²) >= 11 is 0. The highest BCUT2D eigenvalue weighted by Crippen LogP contribution is 2.24. The fourth-order valence-corrected chi connectivity index (χ4v) is 2.55. The predicted octanol–water partition coefficient (Wildman–Crippen LogP) is 0.627. The zero-order valence-electron chi connectivity index (χ0n) is 12.9. The summed E-state index contributed by atoms with van der Waals surface area (Å²) in [5.41, 5.74) is 5.75. The monoisotopic (exact) mass is 280 g/mol. The molecule has 0 amide bonds. The van der Waals surface area contributed by atoms with Crippen LogP contribution in [-0.4, -0.2) is 59.2 Å². The van der Waals surface area contributed by atoms with Crippen molar-refractivity contribution in [3.8, 4) is 6.01 Å². The lowest BCUT2D eigenvalue weighted by Crippen LogP contribution is -2.34. The molecule has 1 aromatic heterocycles. The molecule has 20 heavy (non-hydrogen) atoms. The van der Waals surface area contributed by atoms with Gasteiger partial charge < -0.3 is 20.3 Å². The highest BCUT2D eigenvalue weighted by molar-refractivity contribution is 5.38. The molecule has 2 heterocycles. The lowest BCUT2D eigenvalue weighted by Gasteiger charge is -2.22. The zero-order chi connectivity index (χ0) is 14.9. The van der Waals surface area contributed by atoms with Crippen molar-refractivity contribution >= 4 is 11.9 Å². The molecule has 1 fully saturated rings. The van der Waals surface area contributed by atoms with E-state index in [9.17, 15) is 0 Å². The number of anilines is 2. The van der Waals surface area contributed by atoms with Crippen molar-refractivity contribution in [1.29, 1.82) is 0 Å². The Morgan fingerprint density at radius 2 is 1.95 bits per heavy atom. The van der Waals surface area contributed by atoms with Crippen LogP contribution >= 0.6 is 0 Å². The minimum Gasteiger partial charge on any atom is -0.461 e. The van der Waals surface area contributed by atoms with Gasteiger partial charge in [0.05, 0.1) is 6.10 Å². The minimum absolute atomic E-state index is 0.0108. The molecule has 0 radical (unpaired) electrons. The van der Waals surface area contributed by atoms with Crippen LogP contribution in [0.2, 0.25) is 0 Å². The van der Waals surface area contributed by atoms with Crippen LogP contribution in [0, 0.1) is 5.92 Å². The molecule has 2 unspecified atom stereocenters. The van der Waals surface area contributed by atoms with Gasteiger partial charge >= 0.3 is 6.01 Å². The van der Waals surface area contributed by atoms with E-state index in [-0.39, 0.29) is 12.1 Å². The lowest BCUT2D eigenvalue weighted by molar-refractivity contribution is 0.222. The molecule has 1 saturated heterocycles. The van der Waals surface area contributed by atoms with Gasteiger partial charge in [-0.1, -0.05) is 6.92 Å². The van der Waals surface area contributed by atoms with E-state index in [1.54, 1.807) is 0 Å². The number of aromatic nitrogens is 3. The van der Waals surface area contributed by atoms with Gasteiger partial charge in [0.2, 0.25) is 11.9 Å². The number of ether oxygens (including phenoxy) is 1. The first-order valence-corrected chi connectivity index (χ1v) is 6.96. The van der Waals surface area contributed by atoms with Crippen molar-refractivity contribution in [2.45, 2.75) is 32.9 Å². The molecule has 2 N–H and O–H groups in total. The summed E-state index contributed by atoms with van der Waals surface area (Å²) in [4.78, 5) is 17.0. The number of nitrogens with two attached hydrogens (primary N) is 1. The highest BCUT2D eigenvalue weighted by Gasteiger charge is 2.32. The van der Waals surface area contributed by atoms with Crippen LogP contribution in [0.4, 0.5) is 11.9 Å². The molecule has 0 saturated carbocycles. The summed E-state index contributed by atoms with van der Waals surface area (Å²) in [6, 6.07) is 0.783. The van der Waals surface area contributed by atoms with Crippen LogP contribution in [0.1, 0.15) is 20.8 Å². The molecule has 0 spiro atoms. The average Bonchev–Trinajstić information content (AvgIpc) is 2.69. The van der Waals surface area contributed by atoms with E-state index >= 15 is 0 Å². The maximum atomic E-state index is 5.75. The number of hydrogen-bond donors (Lipinski definition) is 1. The van der Waals surface area contributed by atoms with Crippen molar-refractivity contribution in [3.63, 3.8) is 0 Å². The topological polar surface area (TPSA) is 80.4 Å². The van der Waals surface area contributed by atoms with Crippen molar-refractivity contribution in [3.05, 3.63) is 0 Å². The van der Waals surface area contributed by atoms with Gasteiger partial charge in [-0.3, -0.25) is 0 Å². The van der Waals surface area contributed by atoms with Crippen molar-refractivity contribution < 1.29 is 4.74 Å². The van der Waals surface area contributed by atoms with E-state index in [0.717, 1.165) is 13.1 Å². The van der Waals surface area contributed by atoms with E-state index in [1.165, 1.54) is 0 Å². The molecule has 1 aliphatic rings. The highest BCUT2D eigenvalue weighted by atomic mass is 16.5. The Morgan fingerprint density at radius 1 is 1.25 bits per heavy atom. The number of likely N-dealkylation sites (N-methyl/N-ethyl adjacent to an activating group) is 1. The Hall–Kier alpha value is -1.63. The first-order chi connectivity index (χ1) is 9.36. The Morgan fingerprint density at radius 3 is 2.50 bits per heavy atom. The molecule has 0 aromatic carbocycles. The molecule has 0 bridgehead atoms. The van der Waals surface area contributed by atoms with Crippen molar-refractivity contribution in [2.75, 3.05) is 37.8 Å². The standard InChI is InChI=1S/C13H24N6O/c1-8(2)20-13-16-11(14)15-12(17-13)19-6-9(3)10(7-19)18(4)5/h8-10H,6-7H2,1-5H3,(H2,14,15,16,17). The Balaban J connectivity index is 2.19. The Bertz CT molecular complexity index is 464. The number of nitrogens with zero attached hydrogens (tertiary/aromatic N) is 5. The molecule has 7 heteroatoms. The quantitative estimate of drug-likeness (QED) is 0.866. The van der Waals surface area contributed by atoms with Crippen molar-refractivity contribution in [1.82, 2.24) is 19.9 Å². The maximum absolute atomic E-state index is 5.75. The normalized spacial score (nSPS) is 22.9. The van der Waals surface area contributed by atoms with Gasteiger partial charge in [-0.25, -0.2) is 0 Å². The predicted molar refractivity (Wildman–Crippen MR) is 78.9 cm³/mol. The number of nitrogen functional groups attached to an aromatic ring is 1. The first-order valence-electron chi connectivity index (χ1n) is 6.96. The smallest absolute Gasteiger partial charge is 0.323 e. The molecule has 2 atom stereocenters. The average molecular weight is 280 g/mol. The van der Waals surface area contributed by atoms with Gasteiger partial charge in [-0.2, -0.15) is 15.0 Å². The van der Waals surface area contributed by atoms with Gasteiger partial charge in [0.25, 0.3) is 0 Å². The van der Waals surface area contributed by atoms with E-state index < -0.39 is 0 Å². The second-order valence-corrected chi connectivity index (χ2v) is 5.86. The van der Waals surface area contributed by atoms with E-state index in [2.05, 4.69) is 45.8 Å². The van der Waals surface area contributed by atoms with Gasteiger partial charge in [-0.15, -0.1) is 0 Å². The first kappa shape index (κ1) is 14.8.